The highest BCUT2D eigenvalue weighted by atomic mass is 35.5. The predicted molar refractivity (Wildman–Crippen MR) is 151 cm³/mol. The van der Waals surface area contributed by atoms with Crippen LogP contribution in [0.15, 0.2) is 53.9 Å². The Bertz CT molecular complexity index is 1570. The fraction of sp³-hybridized carbons (Fsp3) is 0.192. The number of fused-ring (bicyclic) bond motifs is 5. The van der Waals surface area contributed by atoms with Gasteiger partial charge in [0, 0.05) is 34.0 Å². The second-order valence-electron chi connectivity index (χ2n) is 9.10. The monoisotopic (exact) mass is 546 g/mol. The molecule has 2 amide bonds. The number of carbonyl (C=O) groups is 2. The molecule has 2 aromatic heterocycles. The molecule has 0 spiro atoms. The van der Waals surface area contributed by atoms with Gasteiger partial charge in [-0.25, -0.2) is 10.8 Å². The van der Waals surface area contributed by atoms with Crippen molar-refractivity contribution in [2.24, 2.45) is 16.8 Å². The van der Waals surface area contributed by atoms with Crippen molar-refractivity contribution < 1.29 is 9.59 Å². The first-order valence-electron chi connectivity index (χ1n) is 12.3. The van der Waals surface area contributed by atoms with Crippen LogP contribution in [0, 0.1) is 0 Å². The highest BCUT2D eigenvalue weighted by molar-refractivity contribution is 6.30. The number of hydrogen-bond donors (Lipinski definition) is 6. The second-order valence-corrected chi connectivity index (χ2v) is 9.54. The van der Waals surface area contributed by atoms with Gasteiger partial charge in [-0.05, 0) is 49.2 Å². The Morgan fingerprint density at radius 2 is 2.10 bits per heavy atom. The molecule has 200 valence electrons. The number of H-pyrrole nitrogens is 2. The third-order valence-corrected chi connectivity index (χ3v) is 6.64. The van der Waals surface area contributed by atoms with Crippen LogP contribution in [0.2, 0.25) is 5.02 Å². The first-order chi connectivity index (χ1) is 18.9. The summed E-state index contributed by atoms with van der Waals surface area (Å²) in [6, 6.07) is 8.45. The van der Waals surface area contributed by atoms with Crippen LogP contribution < -0.4 is 27.3 Å². The first-order valence-corrected chi connectivity index (χ1v) is 12.7. The van der Waals surface area contributed by atoms with Crippen molar-refractivity contribution in [3.63, 3.8) is 0 Å². The minimum absolute atomic E-state index is 0.0788. The highest BCUT2D eigenvalue weighted by Crippen LogP contribution is 2.33. The van der Waals surface area contributed by atoms with E-state index >= 15 is 0 Å². The molecule has 1 unspecified atom stereocenters. The number of nitrogens with one attached hydrogen (secondary N) is 4. The molecule has 39 heavy (non-hydrogen) atoms. The Labute approximate surface area is 228 Å². The maximum atomic E-state index is 13.0. The van der Waals surface area contributed by atoms with Crippen molar-refractivity contribution in [3.05, 3.63) is 65.2 Å². The number of nitrogens with two attached hydrogens (primary N) is 2. The van der Waals surface area contributed by atoms with Crippen molar-refractivity contribution in [2.45, 2.75) is 31.7 Å². The number of imidazole rings is 1. The Morgan fingerprint density at radius 1 is 1.23 bits per heavy atom. The van der Waals surface area contributed by atoms with E-state index in [0.29, 0.717) is 59.2 Å². The number of amides is 2. The van der Waals surface area contributed by atoms with Crippen molar-refractivity contribution >= 4 is 58.1 Å². The normalized spacial score (nSPS) is 16.1. The SMILES string of the molecule is N/N=C\N(N)c1ccc(Cl)cc1/C=C/C(=O)NC1CCCCC(=O)Nc2cc3[nH]ncc3cc2-c2cnc1[nH]2. The zero-order valence-corrected chi connectivity index (χ0v) is 21.6. The Morgan fingerprint density at radius 3 is 2.95 bits per heavy atom. The van der Waals surface area contributed by atoms with Crippen LogP contribution in [-0.2, 0) is 9.59 Å². The van der Waals surface area contributed by atoms with E-state index in [-0.39, 0.29) is 11.8 Å². The number of aromatic nitrogens is 4. The van der Waals surface area contributed by atoms with Crippen LogP contribution in [0.3, 0.4) is 0 Å². The van der Waals surface area contributed by atoms with E-state index in [1.54, 1.807) is 36.7 Å². The number of rotatable bonds is 5. The van der Waals surface area contributed by atoms with Crippen LogP contribution in [0.5, 0.6) is 0 Å². The molecule has 0 radical (unpaired) electrons. The molecular weight excluding hydrogens is 520 g/mol. The predicted octanol–water partition coefficient (Wildman–Crippen LogP) is 3.57. The molecule has 12 nitrogen and oxygen atoms in total. The topological polar surface area (TPSA) is 183 Å². The summed E-state index contributed by atoms with van der Waals surface area (Å²) >= 11 is 6.16. The molecule has 5 rings (SSSR count). The van der Waals surface area contributed by atoms with Gasteiger partial charge in [0.1, 0.15) is 12.2 Å². The number of nitrogens with zero attached hydrogens (tertiary/aromatic N) is 4. The summed E-state index contributed by atoms with van der Waals surface area (Å²) in [6.07, 6.45) is 10.0. The Kier molecular flexibility index (Phi) is 7.57. The summed E-state index contributed by atoms with van der Waals surface area (Å²) in [4.78, 5) is 33.5. The molecule has 2 aromatic carbocycles. The molecule has 1 atom stereocenters. The highest BCUT2D eigenvalue weighted by Gasteiger charge is 2.21. The van der Waals surface area contributed by atoms with E-state index in [1.807, 2.05) is 12.1 Å². The fourth-order valence-electron chi connectivity index (χ4n) is 4.51. The van der Waals surface area contributed by atoms with E-state index in [4.69, 9.17) is 23.3 Å². The first kappa shape index (κ1) is 25.9. The summed E-state index contributed by atoms with van der Waals surface area (Å²) in [6.45, 7) is 0. The number of hydrogen-bond acceptors (Lipinski definition) is 7. The Hall–Kier alpha value is -4.68. The molecule has 8 N–H and O–H groups in total. The largest absolute Gasteiger partial charge is 0.343 e. The van der Waals surface area contributed by atoms with Crippen molar-refractivity contribution in [3.8, 4) is 11.3 Å². The Balaban J connectivity index is 1.41. The summed E-state index contributed by atoms with van der Waals surface area (Å²) < 4.78 is 0. The van der Waals surface area contributed by atoms with Crippen LogP contribution in [0.1, 0.15) is 43.1 Å². The van der Waals surface area contributed by atoms with Gasteiger partial charge in [0.2, 0.25) is 11.8 Å². The minimum atomic E-state index is -0.395. The molecule has 1 aliphatic rings. The van der Waals surface area contributed by atoms with Gasteiger partial charge in [0.05, 0.1) is 41.0 Å². The third-order valence-electron chi connectivity index (χ3n) is 6.40. The molecular formula is C26H27ClN10O2. The van der Waals surface area contributed by atoms with Crippen molar-refractivity contribution in [1.29, 1.82) is 0 Å². The smallest absolute Gasteiger partial charge is 0.244 e. The van der Waals surface area contributed by atoms with Gasteiger partial charge < -0.3 is 21.5 Å². The second kappa shape index (κ2) is 11.4. The van der Waals surface area contributed by atoms with Crippen molar-refractivity contribution in [1.82, 2.24) is 25.5 Å². The number of hydrazine groups is 1. The lowest BCUT2D eigenvalue weighted by Crippen LogP contribution is -2.30. The molecule has 0 saturated heterocycles. The summed E-state index contributed by atoms with van der Waals surface area (Å²) in [5.74, 6) is 11.4. The van der Waals surface area contributed by atoms with Crippen LogP contribution >= 0.6 is 11.6 Å². The van der Waals surface area contributed by atoms with Gasteiger partial charge in [-0.2, -0.15) is 10.2 Å². The lowest BCUT2D eigenvalue weighted by atomic mass is 10.0. The summed E-state index contributed by atoms with van der Waals surface area (Å²) in [5, 5.41) is 19.1. The van der Waals surface area contributed by atoms with Gasteiger partial charge in [0.25, 0.3) is 0 Å². The standard InChI is InChI=1S/C26H27ClN10O2/c27-17-6-7-23(37(29)14-31-28)15(9-17)5-8-25(39)33-19-3-1-2-4-24(38)34-21-11-20-16(12-32-36-20)10-18(21)22-13-30-26(19)35-22/h5-14,19H,1-4,28-29H2,(H,30,35)(H,32,36)(H,33,39)(H,34,38)/b8-5+,31-14-. The van der Waals surface area contributed by atoms with Crippen LogP contribution in [-0.4, -0.2) is 38.3 Å². The van der Waals surface area contributed by atoms with Gasteiger partial charge >= 0.3 is 0 Å². The van der Waals surface area contributed by atoms with E-state index in [9.17, 15) is 9.59 Å². The number of aromatic amines is 2. The number of halogens is 1. The van der Waals surface area contributed by atoms with Gasteiger partial charge in [0.15, 0.2) is 0 Å². The zero-order chi connectivity index (χ0) is 27.4. The molecule has 2 bridgehead atoms. The third kappa shape index (κ3) is 5.92. The molecule has 4 aromatic rings. The van der Waals surface area contributed by atoms with Gasteiger partial charge in [-0.3, -0.25) is 19.7 Å². The average molecular weight is 547 g/mol. The lowest BCUT2D eigenvalue weighted by molar-refractivity contribution is -0.118. The fourth-order valence-corrected chi connectivity index (χ4v) is 4.69. The van der Waals surface area contributed by atoms with E-state index in [2.05, 4.69) is 35.9 Å². The molecule has 1 aliphatic heterocycles. The van der Waals surface area contributed by atoms with Gasteiger partial charge in [-0.1, -0.05) is 18.0 Å². The van der Waals surface area contributed by atoms with E-state index in [0.717, 1.165) is 16.5 Å². The van der Waals surface area contributed by atoms with Gasteiger partial charge in [-0.15, -0.1) is 0 Å². The number of hydrazone groups is 1. The quantitative estimate of drug-likeness (QED) is 0.0726. The maximum absolute atomic E-state index is 13.0. The minimum Gasteiger partial charge on any atom is -0.343 e. The number of anilines is 2. The number of carbonyl (C=O) groups excluding carboxylic acids is 2. The van der Waals surface area contributed by atoms with E-state index < -0.39 is 6.04 Å². The molecule has 13 heteroatoms. The van der Waals surface area contributed by atoms with Crippen molar-refractivity contribution in [2.75, 3.05) is 10.3 Å². The zero-order valence-electron chi connectivity index (χ0n) is 20.8. The summed E-state index contributed by atoms with van der Waals surface area (Å²) in [7, 11) is 0. The molecule has 0 saturated carbocycles. The van der Waals surface area contributed by atoms with E-state index in [1.165, 1.54) is 17.4 Å². The molecule has 0 fully saturated rings. The van der Waals surface area contributed by atoms with Crippen LogP contribution in [0.25, 0.3) is 28.2 Å². The molecule has 3 heterocycles. The molecule has 0 aliphatic carbocycles. The summed E-state index contributed by atoms with van der Waals surface area (Å²) in [5.41, 5.74) is 4.13. The number of benzene rings is 2. The maximum Gasteiger partial charge on any atom is 0.244 e. The lowest BCUT2D eigenvalue weighted by Gasteiger charge is -2.17. The van der Waals surface area contributed by atoms with Crippen LogP contribution in [0.4, 0.5) is 11.4 Å². The average Bonchev–Trinajstić information content (AvgIpc) is 3.58.